The molecular formula is C12H12BrNO. The fourth-order valence-corrected chi connectivity index (χ4v) is 1.67. The number of rotatable bonds is 2. The predicted molar refractivity (Wildman–Crippen MR) is 64.6 cm³/mol. The maximum Gasteiger partial charge on any atom is 0.252 e. The number of carbonyl (C=O) groups excluding carboxylic acids is 1. The van der Waals surface area contributed by atoms with Gasteiger partial charge in [0.2, 0.25) is 0 Å². The molecule has 78 valence electrons. The maximum atomic E-state index is 11.7. The number of aryl methyl sites for hydroxylation is 1. The van der Waals surface area contributed by atoms with Crippen LogP contribution in [0.3, 0.4) is 0 Å². The van der Waals surface area contributed by atoms with Crippen molar-refractivity contribution in [1.29, 1.82) is 0 Å². The number of benzene rings is 1. The SMILES string of the molecule is C#CC(C)NC(=O)c1ccc(Br)cc1C. The largest absolute Gasteiger partial charge is 0.339 e. The lowest BCUT2D eigenvalue weighted by atomic mass is 10.1. The summed E-state index contributed by atoms with van der Waals surface area (Å²) >= 11 is 3.35. The predicted octanol–water partition coefficient (Wildman–Crippen LogP) is 2.51. The van der Waals surface area contributed by atoms with Crippen LogP contribution in [0.5, 0.6) is 0 Å². The van der Waals surface area contributed by atoms with Crippen molar-refractivity contribution in [1.82, 2.24) is 5.32 Å². The van der Waals surface area contributed by atoms with Gasteiger partial charge in [0.15, 0.2) is 0 Å². The maximum absolute atomic E-state index is 11.7. The summed E-state index contributed by atoms with van der Waals surface area (Å²) in [7, 11) is 0. The Morgan fingerprint density at radius 1 is 1.60 bits per heavy atom. The zero-order valence-corrected chi connectivity index (χ0v) is 10.3. The first-order valence-electron chi connectivity index (χ1n) is 4.57. The molecule has 0 bridgehead atoms. The Morgan fingerprint density at radius 2 is 2.27 bits per heavy atom. The van der Waals surface area contributed by atoms with Gasteiger partial charge in [0, 0.05) is 10.0 Å². The van der Waals surface area contributed by atoms with Crippen LogP contribution in [0.1, 0.15) is 22.8 Å². The molecule has 15 heavy (non-hydrogen) atoms. The van der Waals surface area contributed by atoms with E-state index < -0.39 is 0 Å². The van der Waals surface area contributed by atoms with E-state index in [9.17, 15) is 4.79 Å². The summed E-state index contributed by atoms with van der Waals surface area (Å²) in [6, 6.07) is 5.26. The van der Waals surface area contributed by atoms with Crippen LogP contribution in [0.15, 0.2) is 22.7 Å². The second-order valence-electron chi connectivity index (χ2n) is 3.32. The van der Waals surface area contributed by atoms with Crippen LogP contribution < -0.4 is 5.32 Å². The van der Waals surface area contributed by atoms with E-state index in [1.54, 1.807) is 13.0 Å². The minimum Gasteiger partial charge on any atom is -0.339 e. The number of nitrogens with one attached hydrogen (secondary N) is 1. The smallest absolute Gasteiger partial charge is 0.252 e. The van der Waals surface area contributed by atoms with Gasteiger partial charge in [-0.1, -0.05) is 21.9 Å². The highest BCUT2D eigenvalue weighted by atomic mass is 79.9. The number of carbonyl (C=O) groups is 1. The Balaban J connectivity index is 2.88. The highest BCUT2D eigenvalue weighted by Crippen LogP contribution is 2.15. The quantitative estimate of drug-likeness (QED) is 0.819. The fraction of sp³-hybridized carbons (Fsp3) is 0.250. The standard InChI is InChI=1S/C12H12BrNO/c1-4-9(3)14-12(15)11-6-5-10(13)7-8(11)2/h1,5-7,9H,2-3H3,(H,14,15). The van der Waals surface area contributed by atoms with Gasteiger partial charge < -0.3 is 5.32 Å². The minimum absolute atomic E-state index is 0.134. The van der Waals surface area contributed by atoms with E-state index in [-0.39, 0.29) is 11.9 Å². The third-order valence-electron chi connectivity index (χ3n) is 2.03. The lowest BCUT2D eigenvalue weighted by Gasteiger charge is -2.09. The van der Waals surface area contributed by atoms with E-state index in [1.165, 1.54) is 0 Å². The summed E-state index contributed by atoms with van der Waals surface area (Å²) < 4.78 is 0.960. The van der Waals surface area contributed by atoms with Crippen molar-refractivity contribution in [3.05, 3.63) is 33.8 Å². The van der Waals surface area contributed by atoms with E-state index in [1.807, 2.05) is 19.1 Å². The molecule has 0 aromatic heterocycles. The van der Waals surface area contributed by atoms with Crippen LogP contribution in [0, 0.1) is 19.3 Å². The van der Waals surface area contributed by atoms with Gasteiger partial charge in [0.25, 0.3) is 5.91 Å². The molecule has 0 saturated heterocycles. The van der Waals surface area contributed by atoms with Gasteiger partial charge in [0.1, 0.15) is 0 Å². The van der Waals surface area contributed by atoms with Crippen LogP contribution >= 0.6 is 15.9 Å². The summed E-state index contributed by atoms with van der Waals surface area (Å²) in [5.41, 5.74) is 1.58. The van der Waals surface area contributed by atoms with E-state index in [0.717, 1.165) is 10.0 Å². The first-order valence-corrected chi connectivity index (χ1v) is 5.37. The molecule has 0 aliphatic rings. The average Bonchev–Trinajstić information content (AvgIpc) is 2.17. The van der Waals surface area contributed by atoms with Gasteiger partial charge in [0.05, 0.1) is 6.04 Å². The van der Waals surface area contributed by atoms with Gasteiger partial charge in [-0.2, -0.15) is 0 Å². The molecule has 0 radical (unpaired) electrons. The molecule has 3 heteroatoms. The first kappa shape index (κ1) is 11.8. The van der Waals surface area contributed by atoms with Crippen molar-refractivity contribution in [2.45, 2.75) is 19.9 Å². The van der Waals surface area contributed by atoms with Gasteiger partial charge >= 0.3 is 0 Å². The Labute approximate surface area is 98.2 Å². The molecule has 0 fully saturated rings. The summed E-state index contributed by atoms with van der Waals surface area (Å²) in [4.78, 5) is 11.7. The molecule has 2 nitrogen and oxygen atoms in total. The Hall–Kier alpha value is -1.27. The molecule has 0 heterocycles. The van der Waals surface area contributed by atoms with Crippen LogP contribution in [0.2, 0.25) is 0 Å². The minimum atomic E-state index is -0.249. The topological polar surface area (TPSA) is 29.1 Å². The summed E-state index contributed by atoms with van der Waals surface area (Å²) in [6.45, 7) is 3.66. The molecule has 0 saturated carbocycles. The van der Waals surface area contributed by atoms with E-state index in [2.05, 4.69) is 27.2 Å². The first-order chi connectivity index (χ1) is 7.04. The number of hydrogen-bond donors (Lipinski definition) is 1. The van der Waals surface area contributed by atoms with Crippen LogP contribution in [-0.2, 0) is 0 Å². The molecule has 1 aromatic rings. The second kappa shape index (κ2) is 4.99. The Bertz CT molecular complexity index is 420. The zero-order valence-electron chi connectivity index (χ0n) is 8.67. The average molecular weight is 266 g/mol. The van der Waals surface area contributed by atoms with E-state index in [4.69, 9.17) is 6.42 Å². The van der Waals surface area contributed by atoms with Crippen molar-refractivity contribution in [3.8, 4) is 12.3 Å². The van der Waals surface area contributed by atoms with Gasteiger partial charge in [-0.25, -0.2) is 0 Å². The molecule has 1 N–H and O–H groups in total. The van der Waals surface area contributed by atoms with Gasteiger partial charge in [-0.05, 0) is 37.6 Å². The molecule has 1 rings (SSSR count). The van der Waals surface area contributed by atoms with Gasteiger partial charge in [-0.3, -0.25) is 4.79 Å². The van der Waals surface area contributed by atoms with Crippen molar-refractivity contribution < 1.29 is 4.79 Å². The van der Waals surface area contributed by atoms with Crippen LogP contribution in [0.4, 0.5) is 0 Å². The zero-order chi connectivity index (χ0) is 11.4. The van der Waals surface area contributed by atoms with E-state index in [0.29, 0.717) is 5.56 Å². The lowest BCUT2D eigenvalue weighted by molar-refractivity contribution is 0.0947. The third-order valence-corrected chi connectivity index (χ3v) is 2.52. The monoisotopic (exact) mass is 265 g/mol. The second-order valence-corrected chi connectivity index (χ2v) is 4.24. The molecular weight excluding hydrogens is 254 g/mol. The number of terminal acetylenes is 1. The van der Waals surface area contributed by atoms with Crippen LogP contribution in [0.25, 0.3) is 0 Å². The Morgan fingerprint density at radius 3 is 2.80 bits per heavy atom. The van der Waals surface area contributed by atoms with E-state index >= 15 is 0 Å². The van der Waals surface area contributed by atoms with Crippen LogP contribution in [-0.4, -0.2) is 11.9 Å². The molecule has 0 aliphatic carbocycles. The number of amides is 1. The summed E-state index contributed by atoms with van der Waals surface area (Å²) in [6.07, 6.45) is 5.19. The highest BCUT2D eigenvalue weighted by Gasteiger charge is 2.10. The van der Waals surface area contributed by atoms with Crippen molar-refractivity contribution >= 4 is 21.8 Å². The Kier molecular flexibility index (Phi) is 3.93. The fourth-order valence-electron chi connectivity index (χ4n) is 1.20. The number of halogens is 1. The lowest BCUT2D eigenvalue weighted by Crippen LogP contribution is -2.31. The molecule has 0 aliphatic heterocycles. The van der Waals surface area contributed by atoms with Crippen molar-refractivity contribution in [3.63, 3.8) is 0 Å². The number of hydrogen-bond acceptors (Lipinski definition) is 1. The molecule has 0 spiro atoms. The molecule has 1 atom stereocenters. The van der Waals surface area contributed by atoms with Crippen molar-refractivity contribution in [2.24, 2.45) is 0 Å². The summed E-state index contributed by atoms with van der Waals surface area (Å²) in [5.74, 6) is 2.32. The molecule has 1 aromatic carbocycles. The highest BCUT2D eigenvalue weighted by molar-refractivity contribution is 9.10. The van der Waals surface area contributed by atoms with Crippen molar-refractivity contribution in [2.75, 3.05) is 0 Å². The van der Waals surface area contributed by atoms with Gasteiger partial charge in [-0.15, -0.1) is 6.42 Å². The molecule has 1 unspecified atom stereocenters. The summed E-state index contributed by atoms with van der Waals surface area (Å²) in [5, 5.41) is 2.72. The third kappa shape index (κ3) is 3.10. The normalized spacial score (nSPS) is 11.6. The molecule has 1 amide bonds.